The second kappa shape index (κ2) is 5.66. The van der Waals surface area contributed by atoms with E-state index in [-0.39, 0.29) is 0 Å². The van der Waals surface area contributed by atoms with Gasteiger partial charge >= 0.3 is 0 Å². The van der Waals surface area contributed by atoms with Crippen LogP contribution in [0.4, 0.5) is 11.4 Å². The highest BCUT2D eigenvalue weighted by Crippen LogP contribution is 2.38. The summed E-state index contributed by atoms with van der Waals surface area (Å²) in [6, 6.07) is 7.33. The highest BCUT2D eigenvalue weighted by molar-refractivity contribution is 9.10. The lowest BCUT2D eigenvalue weighted by Gasteiger charge is -2.15. The molecule has 0 saturated heterocycles. The fraction of sp³-hybridized carbons (Fsp3) is 0.154. The van der Waals surface area contributed by atoms with Gasteiger partial charge in [-0.15, -0.1) is 0 Å². The first kappa shape index (κ1) is 14.6. The molecule has 0 spiro atoms. The molecule has 3 nitrogen and oxygen atoms in total. The predicted octanol–water partition coefficient (Wildman–Crippen LogP) is 4.49. The number of pyridine rings is 1. The molecule has 1 aromatic carbocycles. The van der Waals surface area contributed by atoms with Gasteiger partial charge in [0.05, 0.1) is 22.6 Å². The Morgan fingerprint density at radius 2 is 2.00 bits per heavy atom. The third-order valence-corrected chi connectivity index (χ3v) is 4.93. The van der Waals surface area contributed by atoms with Crippen LogP contribution in [0.25, 0.3) is 0 Å². The minimum atomic E-state index is -2.37. The zero-order valence-electron chi connectivity index (χ0n) is 10.5. The fourth-order valence-electron chi connectivity index (χ4n) is 1.69. The Bertz CT molecular complexity index is 657. The minimum absolute atomic E-state index is 0.589. The Balaban J connectivity index is 2.42. The SMILES string of the molecule is CP(C)(=O)c1ccncc1Nc1ccc(Br)cc1Cl. The maximum absolute atomic E-state index is 12.3. The number of hydrogen-bond acceptors (Lipinski definition) is 3. The van der Waals surface area contributed by atoms with Gasteiger partial charge in [-0.1, -0.05) is 27.5 Å². The molecule has 2 aromatic rings. The number of anilines is 2. The molecular weight excluding hydrogens is 346 g/mol. The van der Waals surface area contributed by atoms with Crippen LogP contribution in [0.5, 0.6) is 0 Å². The molecule has 0 atom stereocenters. The van der Waals surface area contributed by atoms with Crippen molar-refractivity contribution in [3.63, 3.8) is 0 Å². The van der Waals surface area contributed by atoms with Crippen molar-refractivity contribution in [3.05, 3.63) is 46.2 Å². The van der Waals surface area contributed by atoms with Gasteiger partial charge in [-0.25, -0.2) is 0 Å². The Labute approximate surface area is 125 Å². The third-order valence-electron chi connectivity index (χ3n) is 2.58. The number of nitrogens with zero attached hydrogens (tertiary/aromatic N) is 1. The molecule has 0 aliphatic heterocycles. The van der Waals surface area contributed by atoms with Crippen LogP contribution in [0.1, 0.15) is 0 Å². The summed E-state index contributed by atoms with van der Waals surface area (Å²) in [6.07, 6.45) is 3.30. The van der Waals surface area contributed by atoms with Gasteiger partial charge in [0.1, 0.15) is 7.14 Å². The van der Waals surface area contributed by atoms with Crippen LogP contribution in [-0.4, -0.2) is 18.3 Å². The molecule has 0 radical (unpaired) electrons. The summed E-state index contributed by atoms with van der Waals surface area (Å²) in [7, 11) is -2.37. The lowest BCUT2D eigenvalue weighted by Crippen LogP contribution is -2.10. The quantitative estimate of drug-likeness (QED) is 0.821. The zero-order valence-corrected chi connectivity index (χ0v) is 13.8. The number of rotatable bonds is 3. The van der Waals surface area contributed by atoms with E-state index in [4.69, 9.17) is 11.6 Å². The van der Waals surface area contributed by atoms with Gasteiger partial charge in [0.2, 0.25) is 0 Å². The molecule has 0 aliphatic carbocycles. The summed E-state index contributed by atoms with van der Waals surface area (Å²) in [5.41, 5.74) is 1.48. The highest BCUT2D eigenvalue weighted by atomic mass is 79.9. The Hall–Kier alpha value is -0.830. The second-order valence-electron chi connectivity index (χ2n) is 4.49. The molecule has 19 heavy (non-hydrogen) atoms. The van der Waals surface area contributed by atoms with E-state index >= 15 is 0 Å². The van der Waals surface area contributed by atoms with Crippen molar-refractivity contribution in [3.8, 4) is 0 Å². The standard InChI is InChI=1S/C13H13BrClN2OP/c1-19(2,18)13-5-6-16-8-12(13)17-11-4-3-9(14)7-10(11)15/h3-8,17H,1-2H3. The lowest BCUT2D eigenvalue weighted by atomic mass is 10.3. The van der Waals surface area contributed by atoms with Crippen molar-refractivity contribution in [1.29, 1.82) is 0 Å². The number of halogens is 2. The van der Waals surface area contributed by atoms with E-state index in [0.29, 0.717) is 5.02 Å². The van der Waals surface area contributed by atoms with Crippen LogP contribution in [0, 0.1) is 0 Å². The summed E-state index contributed by atoms with van der Waals surface area (Å²) in [6.45, 7) is 3.47. The van der Waals surface area contributed by atoms with Crippen LogP contribution in [-0.2, 0) is 4.57 Å². The fourth-order valence-corrected chi connectivity index (χ4v) is 3.53. The number of hydrogen-bond donors (Lipinski definition) is 1. The minimum Gasteiger partial charge on any atom is -0.352 e. The number of aromatic nitrogens is 1. The Morgan fingerprint density at radius 3 is 2.63 bits per heavy atom. The van der Waals surface area contributed by atoms with Gasteiger partial charge < -0.3 is 9.88 Å². The molecule has 100 valence electrons. The van der Waals surface area contributed by atoms with E-state index in [1.165, 1.54) is 0 Å². The molecule has 2 rings (SSSR count). The molecule has 1 heterocycles. The first-order chi connectivity index (χ1) is 8.88. The Morgan fingerprint density at radius 1 is 1.26 bits per heavy atom. The zero-order chi connectivity index (χ0) is 14.0. The highest BCUT2D eigenvalue weighted by Gasteiger charge is 2.16. The van der Waals surface area contributed by atoms with E-state index in [9.17, 15) is 4.57 Å². The van der Waals surface area contributed by atoms with Gasteiger partial charge in [-0.3, -0.25) is 4.98 Å². The van der Waals surface area contributed by atoms with Crippen molar-refractivity contribution in [1.82, 2.24) is 4.98 Å². The van der Waals surface area contributed by atoms with E-state index in [1.54, 1.807) is 37.9 Å². The van der Waals surface area contributed by atoms with Gasteiger partial charge in [0, 0.05) is 16.0 Å². The van der Waals surface area contributed by atoms with Gasteiger partial charge in [0.15, 0.2) is 0 Å². The first-order valence-electron chi connectivity index (χ1n) is 5.59. The lowest BCUT2D eigenvalue weighted by molar-refractivity contribution is 0.588. The monoisotopic (exact) mass is 358 g/mol. The first-order valence-corrected chi connectivity index (χ1v) is 9.37. The molecule has 1 aromatic heterocycles. The topological polar surface area (TPSA) is 42.0 Å². The van der Waals surface area contributed by atoms with Gasteiger partial charge in [-0.05, 0) is 37.6 Å². The number of benzene rings is 1. The van der Waals surface area contributed by atoms with E-state index < -0.39 is 7.14 Å². The molecule has 0 amide bonds. The average Bonchev–Trinajstić information content (AvgIpc) is 2.32. The summed E-state index contributed by atoms with van der Waals surface area (Å²) in [5, 5.41) is 4.54. The van der Waals surface area contributed by atoms with E-state index in [0.717, 1.165) is 21.2 Å². The maximum Gasteiger partial charge on any atom is 0.111 e. The van der Waals surface area contributed by atoms with E-state index in [1.807, 2.05) is 12.1 Å². The molecule has 0 saturated carbocycles. The second-order valence-corrected chi connectivity index (χ2v) is 9.00. The van der Waals surface area contributed by atoms with Crippen LogP contribution >= 0.6 is 34.7 Å². The van der Waals surface area contributed by atoms with Crippen LogP contribution < -0.4 is 10.6 Å². The van der Waals surface area contributed by atoms with Crippen LogP contribution in [0.2, 0.25) is 5.02 Å². The molecular formula is C13H13BrClN2OP. The Kier molecular flexibility index (Phi) is 4.34. The molecule has 1 N–H and O–H groups in total. The van der Waals surface area contributed by atoms with Crippen molar-refractivity contribution in [2.75, 3.05) is 18.6 Å². The van der Waals surface area contributed by atoms with Gasteiger partial charge in [0.25, 0.3) is 0 Å². The predicted molar refractivity (Wildman–Crippen MR) is 85.8 cm³/mol. The summed E-state index contributed by atoms with van der Waals surface area (Å²) in [4.78, 5) is 4.07. The van der Waals surface area contributed by atoms with Crippen LogP contribution in [0.3, 0.4) is 0 Å². The largest absolute Gasteiger partial charge is 0.352 e. The smallest absolute Gasteiger partial charge is 0.111 e. The summed E-state index contributed by atoms with van der Waals surface area (Å²) >= 11 is 9.52. The van der Waals surface area contributed by atoms with Crippen molar-refractivity contribution < 1.29 is 4.57 Å². The van der Waals surface area contributed by atoms with E-state index in [2.05, 4.69) is 26.2 Å². The average molecular weight is 360 g/mol. The molecule has 0 bridgehead atoms. The molecule has 0 aliphatic rings. The maximum atomic E-state index is 12.3. The molecule has 0 fully saturated rings. The summed E-state index contributed by atoms with van der Waals surface area (Å²) in [5.74, 6) is 0. The summed E-state index contributed by atoms with van der Waals surface area (Å²) < 4.78 is 13.2. The molecule has 0 unspecified atom stereocenters. The van der Waals surface area contributed by atoms with Crippen molar-refractivity contribution >= 4 is 51.4 Å². The number of nitrogens with one attached hydrogen (secondary N) is 1. The van der Waals surface area contributed by atoms with Gasteiger partial charge in [-0.2, -0.15) is 0 Å². The molecule has 6 heteroatoms. The third kappa shape index (κ3) is 3.59. The normalized spacial score (nSPS) is 11.4. The van der Waals surface area contributed by atoms with Crippen molar-refractivity contribution in [2.24, 2.45) is 0 Å². The van der Waals surface area contributed by atoms with Crippen LogP contribution in [0.15, 0.2) is 41.1 Å². The van der Waals surface area contributed by atoms with Crippen molar-refractivity contribution in [2.45, 2.75) is 0 Å².